The summed E-state index contributed by atoms with van der Waals surface area (Å²) in [5, 5.41) is 2.23. The summed E-state index contributed by atoms with van der Waals surface area (Å²) in [5.41, 5.74) is 1.69. The van der Waals surface area contributed by atoms with Crippen molar-refractivity contribution in [3.05, 3.63) is 42.0 Å². The molecule has 0 bridgehead atoms. The topological polar surface area (TPSA) is 55.1 Å². The molecule has 0 saturated carbocycles. The molecule has 4 nitrogen and oxygen atoms in total. The summed E-state index contributed by atoms with van der Waals surface area (Å²) < 4.78 is 41.0. The van der Waals surface area contributed by atoms with Gasteiger partial charge in [0.15, 0.2) is 5.89 Å². The van der Waals surface area contributed by atoms with E-state index in [0.717, 1.165) is 5.56 Å². The van der Waals surface area contributed by atoms with Crippen molar-refractivity contribution in [2.24, 2.45) is 0 Å². The largest absolute Gasteiger partial charge is 0.449 e. The van der Waals surface area contributed by atoms with Gasteiger partial charge >= 0.3 is 6.18 Å². The zero-order valence-corrected chi connectivity index (χ0v) is 11.2. The molecule has 0 radical (unpaired) electrons. The van der Waals surface area contributed by atoms with Gasteiger partial charge in [-0.05, 0) is 12.1 Å². The fourth-order valence-electron chi connectivity index (χ4n) is 1.71. The van der Waals surface area contributed by atoms with E-state index in [-0.39, 0.29) is 0 Å². The minimum Gasteiger partial charge on any atom is -0.449 e. The lowest BCUT2D eigenvalue weighted by atomic mass is 10.1. The third-order valence-electron chi connectivity index (χ3n) is 2.76. The van der Waals surface area contributed by atoms with Gasteiger partial charge in [0.1, 0.15) is 12.0 Å². The zero-order valence-electron chi connectivity index (χ0n) is 11.2. The number of nitrogens with one attached hydrogen (secondary N) is 1. The van der Waals surface area contributed by atoms with Crippen LogP contribution in [0.5, 0.6) is 0 Å². The molecule has 1 heterocycles. The van der Waals surface area contributed by atoms with Crippen LogP contribution in [-0.2, 0) is 0 Å². The van der Waals surface area contributed by atoms with E-state index in [9.17, 15) is 18.0 Å². The van der Waals surface area contributed by atoms with Crippen molar-refractivity contribution in [1.29, 1.82) is 0 Å². The van der Waals surface area contributed by atoms with Crippen molar-refractivity contribution in [2.75, 3.05) is 6.54 Å². The SMILES string of the molecule is Cc1nc(-c2ccc(C(=O)NCCC(F)(F)F)cc2)co1. The first-order valence-electron chi connectivity index (χ1n) is 6.23. The van der Waals surface area contributed by atoms with E-state index in [1.165, 1.54) is 18.4 Å². The number of hydrogen-bond acceptors (Lipinski definition) is 3. The molecular formula is C14H13F3N2O2. The first kappa shape index (κ1) is 15.1. The molecule has 1 aromatic heterocycles. The number of carbonyl (C=O) groups is 1. The molecule has 0 saturated heterocycles. The number of nitrogens with zero attached hydrogens (tertiary/aromatic N) is 1. The molecule has 21 heavy (non-hydrogen) atoms. The summed E-state index contributed by atoms with van der Waals surface area (Å²) in [7, 11) is 0. The van der Waals surface area contributed by atoms with E-state index in [2.05, 4.69) is 10.3 Å². The first-order valence-corrected chi connectivity index (χ1v) is 6.23. The van der Waals surface area contributed by atoms with Gasteiger partial charge in [0, 0.05) is 24.6 Å². The van der Waals surface area contributed by atoms with Crippen molar-refractivity contribution < 1.29 is 22.4 Å². The van der Waals surface area contributed by atoms with Crippen LogP contribution in [0.2, 0.25) is 0 Å². The molecule has 1 aromatic carbocycles. The summed E-state index contributed by atoms with van der Waals surface area (Å²) in [6.07, 6.45) is -3.83. The lowest BCUT2D eigenvalue weighted by molar-refractivity contribution is -0.132. The van der Waals surface area contributed by atoms with Crippen LogP contribution in [0.4, 0.5) is 13.2 Å². The van der Waals surface area contributed by atoms with Crippen LogP contribution in [0.1, 0.15) is 22.7 Å². The number of rotatable bonds is 4. The van der Waals surface area contributed by atoms with Gasteiger partial charge in [-0.2, -0.15) is 13.2 Å². The average molecular weight is 298 g/mol. The molecule has 0 unspecified atom stereocenters. The first-order chi connectivity index (χ1) is 9.85. The van der Waals surface area contributed by atoms with Gasteiger partial charge in [0.2, 0.25) is 0 Å². The molecule has 0 atom stereocenters. The number of aromatic nitrogens is 1. The second-order valence-corrected chi connectivity index (χ2v) is 4.45. The summed E-state index contributed by atoms with van der Waals surface area (Å²) in [6, 6.07) is 6.39. The minimum absolute atomic E-state index is 0.293. The van der Waals surface area contributed by atoms with Crippen LogP contribution in [-0.4, -0.2) is 23.6 Å². The van der Waals surface area contributed by atoms with Crippen LogP contribution in [0.15, 0.2) is 34.9 Å². The number of halogens is 3. The standard InChI is InChI=1S/C14H13F3N2O2/c1-9-19-12(8-21-9)10-2-4-11(5-3-10)13(20)18-7-6-14(15,16)17/h2-5,8H,6-7H2,1H3,(H,18,20). The third-order valence-corrected chi connectivity index (χ3v) is 2.76. The van der Waals surface area contributed by atoms with Crippen LogP contribution in [0, 0.1) is 6.92 Å². The Bertz CT molecular complexity index is 618. The monoisotopic (exact) mass is 298 g/mol. The molecule has 0 fully saturated rings. The normalized spacial score (nSPS) is 11.4. The highest BCUT2D eigenvalue weighted by molar-refractivity contribution is 5.94. The summed E-state index contributed by atoms with van der Waals surface area (Å²) >= 11 is 0. The summed E-state index contributed by atoms with van der Waals surface area (Å²) in [6.45, 7) is 1.28. The molecule has 1 amide bonds. The van der Waals surface area contributed by atoms with E-state index >= 15 is 0 Å². The third kappa shape index (κ3) is 4.34. The molecular weight excluding hydrogens is 285 g/mol. The van der Waals surface area contributed by atoms with Gasteiger partial charge < -0.3 is 9.73 Å². The number of oxazole rings is 1. The Morgan fingerprint density at radius 2 is 1.95 bits per heavy atom. The van der Waals surface area contributed by atoms with Gasteiger partial charge in [0.05, 0.1) is 6.42 Å². The van der Waals surface area contributed by atoms with Crippen molar-refractivity contribution in [1.82, 2.24) is 10.3 Å². The van der Waals surface area contributed by atoms with Gasteiger partial charge in [-0.1, -0.05) is 12.1 Å². The predicted octanol–water partition coefficient (Wildman–Crippen LogP) is 3.33. The van der Waals surface area contributed by atoms with Crippen LogP contribution < -0.4 is 5.32 Å². The van der Waals surface area contributed by atoms with E-state index in [4.69, 9.17) is 4.42 Å². The molecule has 0 aliphatic carbocycles. The Morgan fingerprint density at radius 3 is 2.48 bits per heavy atom. The Hall–Kier alpha value is -2.31. The van der Waals surface area contributed by atoms with Gasteiger partial charge in [-0.25, -0.2) is 4.98 Å². The number of carbonyl (C=O) groups excluding carboxylic acids is 1. The van der Waals surface area contributed by atoms with Gasteiger partial charge in [0.25, 0.3) is 5.91 Å². The van der Waals surface area contributed by atoms with Gasteiger partial charge in [-0.15, -0.1) is 0 Å². The van der Waals surface area contributed by atoms with Crippen LogP contribution >= 0.6 is 0 Å². The molecule has 0 aliphatic heterocycles. The maximum absolute atomic E-state index is 12.0. The number of benzene rings is 1. The van der Waals surface area contributed by atoms with Crippen molar-refractivity contribution in [2.45, 2.75) is 19.5 Å². The maximum atomic E-state index is 12.0. The predicted molar refractivity (Wildman–Crippen MR) is 69.7 cm³/mol. The maximum Gasteiger partial charge on any atom is 0.390 e. The van der Waals surface area contributed by atoms with Crippen LogP contribution in [0.25, 0.3) is 11.3 Å². The Balaban J connectivity index is 1.97. The molecule has 2 aromatic rings. The fourth-order valence-corrected chi connectivity index (χ4v) is 1.71. The Kier molecular flexibility index (Phi) is 4.30. The van der Waals surface area contributed by atoms with Crippen LogP contribution in [0.3, 0.4) is 0 Å². The lowest BCUT2D eigenvalue weighted by Crippen LogP contribution is -2.27. The van der Waals surface area contributed by atoms with Crippen molar-refractivity contribution >= 4 is 5.91 Å². The second kappa shape index (κ2) is 5.99. The van der Waals surface area contributed by atoms with Crippen molar-refractivity contribution in [3.8, 4) is 11.3 Å². The number of hydrogen-bond donors (Lipinski definition) is 1. The molecule has 0 spiro atoms. The van der Waals surface area contributed by atoms with E-state index < -0.39 is 25.0 Å². The summed E-state index contributed by atoms with van der Waals surface area (Å²) in [5.74, 6) is -0.0129. The molecule has 112 valence electrons. The minimum atomic E-state index is -4.28. The lowest BCUT2D eigenvalue weighted by Gasteiger charge is -2.08. The molecule has 7 heteroatoms. The number of aryl methyl sites for hydroxylation is 1. The average Bonchev–Trinajstić information content (AvgIpc) is 2.84. The Labute approximate surface area is 119 Å². The fraction of sp³-hybridized carbons (Fsp3) is 0.286. The van der Waals surface area contributed by atoms with E-state index in [0.29, 0.717) is 17.1 Å². The van der Waals surface area contributed by atoms with E-state index in [1.807, 2.05) is 0 Å². The highest BCUT2D eigenvalue weighted by Gasteiger charge is 2.26. The zero-order chi connectivity index (χ0) is 15.5. The second-order valence-electron chi connectivity index (χ2n) is 4.45. The van der Waals surface area contributed by atoms with Crippen molar-refractivity contribution in [3.63, 3.8) is 0 Å². The summed E-state index contributed by atoms with van der Waals surface area (Å²) in [4.78, 5) is 15.8. The quantitative estimate of drug-likeness (QED) is 0.942. The number of amides is 1. The smallest absolute Gasteiger partial charge is 0.390 e. The van der Waals surface area contributed by atoms with E-state index in [1.54, 1.807) is 19.1 Å². The Morgan fingerprint density at radius 1 is 1.29 bits per heavy atom. The highest BCUT2D eigenvalue weighted by atomic mass is 19.4. The molecule has 2 rings (SSSR count). The molecule has 0 aliphatic rings. The van der Waals surface area contributed by atoms with Gasteiger partial charge in [-0.3, -0.25) is 4.79 Å². The highest BCUT2D eigenvalue weighted by Crippen LogP contribution is 2.20. The molecule has 1 N–H and O–H groups in total. The number of alkyl halides is 3.